The minimum absolute atomic E-state index is 0.0780. The van der Waals surface area contributed by atoms with Crippen LogP contribution >= 0.6 is 0 Å². The Bertz CT molecular complexity index is 643. The molecule has 3 rings (SSSR count). The van der Waals surface area contributed by atoms with Gasteiger partial charge in [-0.05, 0) is 44.7 Å². The fourth-order valence-corrected chi connectivity index (χ4v) is 3.88. The molecule has 2 aliphatic rings. The number of hydrogen-bond acceptors (Lipinski definition) is 4. The highest BCUT2D eigenvalue weighted by Gasteiger charge is 2.29. The Morgan fingerprint density at radius 3 is 2.89 bits per heavy atom. The molecule has 0 saturated carbocycles. The van der Waals surface area contributed by atoms with Crippen molar-refractivity contribution in [1.82, 2.24) is 15.5 Å². The van der Waals surface area contributed by atoms with Crippen molar-refractivity contribution < 1.29 is 9.47 Å². The van der Waals surface area contributed by atoms with Gasteiger partial charge in [0.1, 0.15) is 0 Å². The molecule has 0 spiro atoms. The van der Waals surface area contributed by atoms with Crippen LogP contribution in [-0.4, -0.2) is 62.0 Å². The van der Waals surface area contributed by atoms with Gasteiger partial charge < -0.3 is 20.1 Å². The lowest BCUT2D eigenvalue weighted by molar-refractivity contribution is -0.0212. The van der Waals surface area contributed by atoms with Crippen molar-refractivity contribution in [3.63, 3.8) is 0 Å². The van der Waals surface area contributed by atoms with Crippen LogP contribution in [0.2, 0.25) is 0 Å². The van der Waals surface area contributed by atoms with Gasteiger partial charge in [-0.15, -0.1) is 0 Å². The van der Waals surface area contributed by atoms with E-state index in [9.17, 15) is 0 Å². The van der Waals surface area contributed by atoms with Gasteiger partial charge in [0.25, 0.3) is 0 Å². The summed E-state index contributed by atoms with van der Waals surface area (Å²) in [5.74, 6) is 0.853. The van der Waals surface area contributed by atoms with Gasteiger partial charge in [0.05, 0.1) is 24.9 Å². The summed E-state index contributed by atoms with van der Waals surface area (Å²) in [6.07, 6.45) is 2.56. The third kappa shape index (κ3) is 6.47. The lowest BCUT2D eigenvalue weighted by Gasteiger charge is -2.31. The molecule has 2 atom stereocenters. The lowest BCUT2D eigenvalue weighted by atomic mass is 10.0. The number of morpholine rings is 1. The largest absolute Gasteiger partial charge is 0.376 e. The van der Waals surface area contributed by atoms with Gasteiger partial charge >= 0.3 is 0 Å². The molecule has 2 aliphatic heterocycles. The highest BCUT2D eigenvalue weighted by Crippen LogP contribution is 2.23. The molecule has 1 aromatic carbocycles. The van der Waals surface area contributed by atoms with Crippen molar-refractivity contribution in [1.29, 1.82) is 0 Å². The van der Waals surface area contributed by atoms with E-state index in [1.807, 2.05) is 0 Å². The molecule has 0 aliphatic carbocycles. The second-order valence-corrected chi connectivity index (χ2v) is 8.19. The molecule has 6 heteroatoms. The number of ether oxygens (including phenoxy) is 2. The van der Waals surface area contributed by atoms with Crippen LogP contribution in [0.25, 0.3) is 0 Å². The van der Waals surface area contributed by atoms with Crippen LogP contribution in [0.15, 0.2) is 29.3 Å². The lowest BCUT2D eigenvalue weighted by Crippen LogP contribution is -2.45. The predicted octanol–water partition coefficient (Wildman–Crippen LogP) is 2.53. The Morgan fingerprint density at radius 2 is 2.14 bits per heavy atom. The van der Waals surface area contributed by atoms with E-state index in [1.54, 1.807) is 0 Å². The zero-order chi connectivity index (χ0) is 19.8. The maximum Gasteiger partial charge on any atom is 0.191 e. The first-order valence-electron chi connectivity index (χ1n) is 10.6. The Hall–Kier alpha value is -1.63. The summed E-state index contributed by atoms with van der Waals surface area (Å²) in [5, 5.41) is 6.79. The Morgan fingerprint density at radius 1 is 1.29 bits per heavy atom. The Balaban J connectivity index is 1.56. The SMILES string of the molecule is CCNC(=NCc1cccc(CN2CCOC(C)C2)c1)NCC1(C)CCCO1. The van der Waals surface area contributed by atoms with Crippen LogP contribution in [0.1, 0.15) is 44.7 Å². The van der Waals surface area contributed by atoms with Crippen molar-refractivity contribution in [2.45, 2.75) is 58.4 Å². The van der Waals surface area contributed by atoms with E-state index in [2.05, 4.69) is 60.6 Å². The van der Waals surface area contributed by atoms with E-state index < -0.39 is 0 Å². The summed E-state index contributed by atoms with van der Waals surface area (Å²) in [6.45, 7) is 13.4. The second-order valence-electron chi connectivity index (χ2n) is 8.19. The molecule has 2 N–H and O–H groups in total. The molecule has 2 unspecified atom stereocenters. The van der Waals surface area contributed by atoms with Gasteiger partial charge in [0.15, 0.2) is 5.96 Å². The van der Waals surface area contributed by atoms with Crippen LogP contribution in [0.5, 0.6) is 0 Å². The second kappa shape index (κ2) is 10.2. The zero-order valence-electron chi connectivity index (χ0n) is 17.7. The fraction of sp³-hybridized carbons (Fsp3) is 0.682. The van der Waals surface area contributed by atoms with Crippen LogP contribution in [0.4, 0.5) is 0 Å². The van der Waals surface area contributed by atoms with Gasteiger partial charge in [0, 0.05) is 39.3 Å². The number of aliphatic imine (C=N–C) groups is 1. The first kappa shape index (κ1) is 21.1. The van der Waals surface area contributed by atoms with E-state index in [0.717, 1.165) is 64.7 Å². The summed E-state index contributed by atoms with van der Waals surface area (Å²) in [4.78, 5) is 7.24. The maximum absolute atomic E-state index is 5.87. The molecular weight excluding hydrogens is 352 g/mol. The molecule has 2 heterocycles. The monoisotopic (exact) mass is 388 g/mol. The van der Waals surface area contributed by atoms with E-state index in [1.165, 1.54) is 11.1 Å². The van der Waals surface area contributed by atoms with Crippen molar-refractivity contribution >= 4 is 5.96 Å². The van der Waals surface area contributed by atoms with E-state index in [0.29, 0.717) is 12.6 Å². The quantitative estimate of drug-likeness (QED) is 0.555. The van der Waals surface area contributed by atoms with Gasteiger partial charge in [-0.3, -0.25) is 4.90 Å². The molecule has 2 fully saturated rings. The number of rotatable bonds is 7. The van der Waals surface area contributed by atoms with Crippen LogP contribution in [-0.2, 0) is 22.6 Å². The summed E-state index contributed by atoms with van der Waals surface area (Å²) in [5.41, 5.74) is 2.50. The number of hydrogen-bond donors (Lipinski definition) is 2. The van der Waals surface area contributed by atoms with Crippen LogP contribution in [0, 0.1) is 0 Å². The third-order valence-electron chi connectivity index (χ3n) is 5.42. The number of nitrogens with zero attached hydrogens (tertiary/aromatic N) is 2. The van der Waals surface area contributed by atoms with Crippen LogP contribution < -0.4 is 10.6 Å². The molecule has 156 valence electrons. The first-order valence-corrected chi connectivity index (χ1v) is 10.6. The molecular formula is C22H36N4O2. The molecule has 1 aromatic rings. The van der Waals surface area contributed by atoms with Crippen molar-refractivity contribution in [3.05, 3.63) is 35.4 Å². The molecule has 6 nitrogen and oxygen atoms in total. The molecule has 28 heavy (non-hydrogen) atoms. The van der Waals surface area contributed by atoms with E-state index >= 15 is 0 Å². The maximum atomic E-state index is 5.87. The van der Waals surface area contributed by atoms with Crippen molar-refractivity contribution in [2.75, 3.05) is 39.4 Å². The molecule has 2 saturated heterocycles. The van der Waals surface area contributed by atoms with Gasteiger partial charge in [0.2, 0.25) is 0 Å². The molecule has 0 amide bonds. The third-order valence-corrected chi connectivity index (χ3v) is 5.42. The van der Waals surface area contributed by atoms with Gasteiger partial charge in [-0.1, -0.05) is 24.3 Å². The van der Waals surface area contributed by atoms with Crippen molar-refractivity contribution in [2.24, 2.45) is 4.99 Å². The standard InChI is InChI=1S/C22H36N4O2/c1-4-23-21(25-17-22(3)9-6-11-28-22)24-14-19-7-5-8-20(13-19)16-26-10-12-27-18(2)15-26/h5,7-8,13,18H,4,6,9-12,14-17H2,1-3H3,(H2,23,24,25). The molecule has 0 radical (unpaired) electrons. The first-order chi connectivity index (χ1) is 13.6. The number of benzene rings is 1. The Labute approximate surface area is 169 Å². The molecule has 0 aromatic heterocycles. The highest BCUT2D eigenvalue weighted by molar-refractivity contribution is 5.79. The number of nitrogens with one attached hydrogen (secondary N) is 2. The van der Waals surface area contributed by atoms with E-state index in [-0.39, 0.29) is 5.60 Å². The van der Waals surface area contributed by atoms with Gasteiger partial charge in [-0.25, -0.2) is 4.99 Å². The van der Waals surface area contributed by atoms with E-state index in [4.69, 9.17) is 14.5 Å². The summed E-state index contributed by atoms with van der Waals surface area (Å²) in [6, 6.07) is 8.77. The summed E-state index contributed by atoms with van der Waals surface area (Å²) >= 11 is 0. The fourth-order valence-electron chi connectivity index (χ4n) is 3.88. The normalized spacial score (nSPS) is 26.4. The van der Waals surface area contributed by atoms with Gasteiger partial charge in [-0.2, -0.15) is 0 Å². The van der Waals surface area contributed by atoms with Crippen LogP contribution in [0.3, 0.4) is 0 Å². The average Bonchev–Trinajstić information content (AvgIpc) is 3.11. The smallest absolute Gasteiger partial charge is 0.191 e. The average molecular weight is 389 g/mol. The minimum atomic E-state index is -0.0780. The summed E-state index contributed by atoms with van der Waals surface area (Å²) in [7, 11) is 0. The minimum Gasteiger partial charge on any atom is -0.376 e. The predicted molar refractivity (Wildman–Crippen MR) is 114 cm³/mol. The number of guanidine groups is 1. The van der Waals surface area contributed by atoms with Crippen molar-refractivity contribution in [3.8, 4) is 0 Å². The Kier molecular flexibility index (Phi) is 7.71. The zero-order valence-corrected chi connectivity index (χ0v) is 17.7. The molecule has 0 bridgehead atoms. The highest BCUT2D eigenvalue weighted by atomic mass is 16.5. The summed E-state index contributed by atoms with van der Waals surface area (Å²) < 4.78 is 11.5. The topological polar surface area (TPSA) is 58.1 Å².